The van der Waals surface area contributed by atoms with Crippen LogP contribution in [0.2, 0.25) is 0 Å². The van der Waals surface area contributed by atoms with Crippen molar-refractivity contribution in [2.75, 3.05) is 13.6 Å². The average molecular weight is 246 g/mol. The number of nitrogens with zero attached hydrogens (tertiary/aromatic N) is 2. The van der Waals surface area contributed by atoms with Gasteiger partial charge in [0.05, 0.1) is 0 Å². The van der Waals surface area contributed by atoms with Crippen molar-refractivity contribution in [3.63, 3.8) is 0 Å². The summed E-state index contributed by atoms with van der Waals surface area (Å²) in [4.78, 5) is 5.58. The van der Waals surface area contributed by atoms with Crippen molar-refractivity contribution < 1.29 is 8.78 Å². The van der Waals surface area contributed by atoms with Gasteiger partial charge in [0.2, 0.25) is 5.92 Å². The summed E-state index contributed by atoms with van der Waals surface area (Å²) >= 11 is 0. The Morgan fingerprint density at radius 2 is 1.82 bits per heavy atom. The first-order valence-electron chi connectivity index (χ1n) is 5.70. The molecule has 0 aliphatic carbocycles. The number of alkyl halides is 2. The standard InChI is InChI=1S/C11H18F2N2.C2H6/c1-9(2)14-8-10(3)15(5)7-6-11(4,12)13;1-2/h8H,1,3,6-7H2,2,4-5H3;1-2H3. The van der Waals surface area contributed by atoms with Gasteiger partial charge in [0.1, 0.15) is 0 Å². The fraction of sp³-hybridized carbons (Fsp3) is 0.615. The quantitative estimate of drug-likeness (QED) is 0.644. The van der Waals surface area contributed by atoms with Gasteiger partial charge < -0.3 is 4.90 Å². The smallest absolute Gasteiger partial charge is 0.247 e. The van der Waals surface area contributed by atoms with Crippen molar-refractivity contribution in [2.24, 2.45) is 4.99 Å². The second-order valence-corrected chi connectivity index (χ2v) is 3.73. The molecule has 4 heteroatoms. The van der Waals surface area contributed by atoms with Gasteiger partial charge in [-0.05, 0) is 13.8 Å². The highest BCUT2D eigenvalue weighted by atomic mass is 19.3. The predicted octanol–water partition coefficient (Wildman–Crippen LogP) is 4.11. The molecule has 0 heterocycles. The van der Waals surface area contributed by atoms with Crippen LogP contribution in [0, 0.1) is 0 Å². The Bertz CT molecular complexity index is 265. The molecule has 0 atom stereocenters. The molecule has 0 spiro atoms. The van der Waals surface area contributed by atoms with Gasteiger partial charge in [-0.2, -0.15) is 0 Å². The van der Waals surface area contributed by atoms with E-state index in [-0.39, 0.29) is 13.0 Å². The van der Waals surface area contributed by atoms with E-state index in [1.165, 1.54) is 6.21 Å². The van der Waals surface area contributed by atoms with Gasteiger partial charge in [-0.15, -0.1) is 0 Å². The lowest BCUT2D eigenvalue weighted by atomic mass is 10.2. The van der Waals surface area contributed by atoms with Crippen molar-refractivity contribution in [2.45, 2.75) is 40.0 Å². The van der Waals surface area contributed by atoms with E-state index in [9.17, 15) is 8.78 Å². The maximum absolute atomic E-state index is 12.6. The van der Waals surface area contributed by atoms with Crippen LogP contribution >= 0.6 is 0 Å². The molecule has 0 amide bonds. The van der Waals surface area contributed by atoms with Gasteiger partial charge >= 0.3 is 0 Å². The maximum Gasteiger partial charge on any atom is 0.247 e. The fourth-order valence-electron chi connectivity index (χ4n) is 0.791. The third kappa shape index (κ3) is 12.7. The first kappa shape index (κ1) is 18.2. The van der Waals surface area contributed by atoms with Crippen LogP contribution in [-0.2, 0) is 0 Å². The number of allylic oxidation sites excluding steroid dienone is 2. The van der Waals surface area contributed by atoms with Crippen molar-refractivity contribution in [3.8, 4) is 0 Å². The molecule has 0 aromatic heterocycles. The van der Waals surface area contributed by atoms with Crippen molar-refractivity contribution in [3.05, 3.63) is 24.6 Å². The molecule has 0 rings (SSSR count). The van der Waals surface area contributed by atoms with E-state index in [2.05, 4.69) is 18.2 Å². The Morgan fingerprint density at radius 3 is 2.18 bits per heavy atom. The molecule has 0 bridgehead atoms. The highest BCUT2D eigenvalue weighted by Gasteiger charge is 2.21. The van der Waals surface area contributed by atoms with Crippen LogP contribution < -0.4 is 0 Å². The minimum absolute atomic E-state index is 0.191. The summed E-state index contributed by atoms with van der Waals surface area (Å²) < 4.78 is 25.1. The minimum Gasteiger partial charge on any atom is -0.374 e. The Kier molecular flexibility index (Phi) is 9.52. The fourth-order valence-corrected chi connectivity index (χ4v) is 0.791. The van der Waals surface area contributed by atoms with Crippen molar-refractivity contribution >= 4 is 6.21 Å². The van der Waals surface area contributed by atoms with Gasteiger partial charge in [-0.25, -0.2) is 8.78 Å². The molecule has 0 aromatic carbocycles. The number of aliphatic imine (C=N–C) groups is 1. The van der Waals surface area contributed by atoms with Crippen LogP contribution in [0.3, 0.4) is 0 Å². The summed E-state index contributed by atoms with van der Waals surface area (Å²) in [6, 6.07) is 0. The molecule has 0 N–H and O–H groups in total. The lowest BCUT2D eigenvalue weighted by molar-refractivity contribution is 0.00781. The molecule has 0 saturated heterocycles. The molecule has 0 unspecified atom stereocenters. The van der Waals surface area contributed by atoms with Crippen LogP contribution in [0.15, 0.2) is 29.5 Å². The topological polar surface area (TPSA) is 15.6 Å². The molecule has 0 aliphatic heterocycles. The highest BCUT2D eigenvalue weighted by Crippen LogP contribution is 2.17. The summed E-state index contributed by atoms with van der Waals surface area (Å²) in [6.45, 7) is 14.2. The van der Waals surface area contributed by atoms with Crippen molar-refractivity contribution in [1.82, 2.24) is 4.90 Å². The molecule has 0 fully saturated rings. The molecule has 2 nitrogen and oxygen atoms in total. The minimum atomic E-state index is -2.64. The summed E-state index contributed by atoms with van der Waals surface area (Å²) in [5.74, 6) is -2.64. The van der Waals surface area contributed by atoms with Crippen LogP contribution in [-0.4, -0.2) is 30.6 Å². The Labute approximate surface area is 104 Å². The summed E-state index contributed by atoms with van der Waals surface area (Å²) in [7, 11) is 1.71. The molecule has 0 radical (unpaired) electrons. The van der Waals surface area contributed by atoms with E-state index >= 15 is 0 Å². The van der Waals surface area contributed by atoms with E-state index in [0.717, 1.165) is 6.92 Å². The zero-order valence-corrected chi connectivity index (χ0v) is 11.6. The average Bonchev–Trinajstić information content (AvgIpc) is 2.24. The van der Waals surface area contributed by atoms with Gasteiger partial charge in [0.25, 0.3) is 0 Å². The molecule has 0 aromatic rings. The van der Waals surface area contributed by atoms with E-state index < -0.39 is 5.92 Å². The number of hydrogen-bond acceptors (Lipinski definition) is 2. The molecule has 100 valence electrons. The van der Waals surface area contributed by atoms with Gasteiger partial charge in [-0.3, -0.25) is 4.99 Å². The van der Waals surface area contributed by atoms with E-state index in [0.29, 0.717) is 11.4 Å². The second-order valence-electron chi connectivity index (χ2n) is 3.73. The van der Waals surface area contributed by atoms with E-state index in [1.807, 2.05) is 13.8 Å². The highest BCUT2D eigenvalue weighted by molar-refractivity contribution is 5.77. The Hall–Kier alpha value is -1.19. The first-order valence-corrected chi connectivity index (χ1v) is 5.70. The first-order chi connectivity index (χ1) is 7.72. The molecule has 0 aliphatic rings. The third-order valence-electron chi connectivity index (χ3n) is 1.81. The zero-order chi connectivity index (χ0) is 14.1. The zero-order valence-electron chi connectivity index (χ0n) is 11.6. The Morgan fingerprint density at radius 1 is 1.35 bits per heavy atom. The Balaban J connectivity index is 0. The van der Waals surface area contributed by atoms with Crippen LogP contribution in [0.25, 0.3) is 0 Å². The van der Waals surface area contributed by atoms with E-state index in [1.54, 1.807) is 18.9 Å². The number of hydrogen-bond donors (Lipinski definition) is 0. The molecular formula is C13H24F2N2. The summed E-state index contributed by atoms with van der Waals surface area (Å²) in [6.07, 6.45) is 1.33. The molecular weight excluding hydrogens is 222 g/mol. The maximum atomic E-state index is 12.6. The molecule has 0 saturated carbocycles. The summed E-state index contributed by atoms with van der Waals surface area (Å²) in [5, 5.41) is 0. The van der Waals surface area contributed by atoms with Crippen LogP contribution in [0.5, 0.6) is 0 Å². The SMILES string of the molecule is C=C(C)N=CC(=C)N(C)CCC(C)(F)F.CC. The van der Waals surface area contributed by atoms with Crippen LogP contribution in [0.4, 0.5) is 8.78 Å². The normalized spacial score (nSPS) is 10.8. The van der Waals surface area contributed by atoms with Gasteiger partial charge in [0, 0.05) is 37.6 Å². The lowest BCUT2D eigenvalue weighted by Gasteiger charge is -2.20. The molecule has 17 heavy (non-hydrogen) atoms. The lowest BCUT2D eigenvalue weighted by Crippen LogP contribution is -2.24. The largest absolute Gasteiger partial charge is 0.374 e. The van der Waals surface area contributed by atoms with Gasteiger partial charge in [-0.1, -0.05) is 27.0 Å². The number of halogens is 2. The second kappa shape index (κ2) is 8.90. The van der Waals surface area contributed by atoms with E-state index in [4.69, 9.17) is 0 Å². The monoisotopic (exact) mass is 246 g/mol. The summed E-state index contributed by atoms with van der Waals surface area (Å²) in [5.41, 5.74) is 1.26. The van der Waals surface area contributed by atoms with Crippen molar-refractivity contribution in [1.29, 1.82) is 0 Å². The third-order valence-corrected chi connectivity index (χ3v) is 1.81. The number of rotatable bonds is 6. The van der Waals surface area contributed by atoms with Gasteiger partial charge in [0.15, 0.2) is 0 Å². The predicted molar refractivity (Wildman–Crippen MR) is 71.7 cm³/mol. The van der Waals surface area contributed by atoms with Crippen LogP contribution in [0.1, 0.15) is 34.1 Å².